The van der Waals surface area contributed by atoms with Gasteiger partial charge in [-0.15, -0.1) is 0 Å². The van der Waals surface area contributed by atoms with Gasteiger partial charge in [0, 0.05) is 20.1 Å². The van der Waals surface area contributed by atoms with Crippen molar-refractivity contribution in [3.63, 3.8) is 0 Å². The maximum atomic E-state index is 11.4. The van der Waals surface area contributed by atoms with Gasteiger partial charge in [-0.25, -0.2) is 4.98 Å². The predicted molar refractivity (Wildman–Crippen MR) is 70.7 cm³/mol. The van der Waals surface area contributed by atoms with Gasteiger partial charge in [-0.1, -0.05) is 11.6 Å². The van der Waals surface area contributed by atoms with Crippen LogP contribution in [-0.4, -0.2) is 36.0 Å². The van der Waals surface area contributed by atoms with Gasteiger partial charge in [0.1, 0.15) is 5.02 Å². The Kier molecular flexibility index (Phi) is 3.30. The molecule has 1 fully saturated rings. The number of amides is 1. The highest BCUT2D eigenvalue weighted by atomic mass is 35.5. The van der Waals surface area contributed by atoms with E-state index in [-0.39, 0.29) is 5.91 Å². The quantitative estimate of drug-likeness (QED) is 0.851. The molecule has 3 N–H and O–H groups in total. The minimum atomic E-state index is -0.520. The first-order chi connectivity index (χ1) is 8.46. The number of hydrogen-bond acceptors (Lipinski definition) is 5. The summed E-state index contributed by atoms with van der Waals surface area (Å²) in [5, 5.41) is 3.34. The van der Waals surface area contributed by atoms with Crippen molar-refractivity contribution in [3.8, 4) is 0 Å². The topological polar surface area (TPSA) is 84.1 Å². The molecule has 18 heavy (non-hydrogen) atoms. The van der Waals surface area contributed by atoms with Gasteiger partial charge in [0.05, 0.1) is 11.6 Å². The largest absolute Gasteiger partial charge is 0.369 e. The lowest BCUT2D eigenvalue weighted by molar-refractivity contribution is -0.125. The third-order valence-electron chi connectivity index (χ3n) is 3.32. The zero-order valence-corrected chi connectivity index (χ0v) is 11.2. The average molecular weight is 270 g/mol. The Bertz CT molecular complexity index is 481. The number of halogens is 1. The van der Waals surface area contributed by atoms with Crippen molar-refractivity contribution in [2.75, 3.05) is 30.4 Å². The fourth-order valence-corrected chi connectivity index (χ4v) is 2.25. The molecule has 1 aliphatic heterocycles. The summed E-state index contributed by atoms with van der Waals surface area (Å²) < 4.78 is 0. The number of nitrogens with one attached hydrogen (secondary N) is 1. The second kappa shape index (κ2) is 4.61. The van der Waals surface area contributed by atoms with E-state index in [1.54, 1.807) is 13.2 Å². The van der Waals surface area contributed by atoms with Crippen LogP contribution in [0, 0.1) is 5.41 Å². The first-order valence-corrected chi connectivity index (χ1v) is 6.09. The molecule has 1 unspecified atom stereocenters. The lowest BCUT2D eigenvalue weighted by Gasteiger charge is -2.22. The Balaban J connectivity index is 2.26. The molecule has 0 bridgehead atoms. The van der Waals surface area contributed by atoms with Crippen LogP contribution < -0.4 is 16.0 Å². The molecule has 6 nitrogen and oxygen atoms in total. The summed E-state index contributed by atoms with van der Waals surface area (Å²) in [5.74, 6) is 0.854. The van der Waals surface area contributed by atoms with Crippen molar-refractivity contribution in [1.29, 1.82) is 0 Å². The zero-order valence-electron chi connectivity index (χ0n) is 10.4. The second-order valence-electron chi connectivity index (χ2n) is 4.71. The van der Waals surface area contributed by atoms with E-state index in [9.17, 15) is 4.79 Å². The van der Waals surface area contributed by atoms with Gasteiger partial charge in [0.2, 0.25) is 11.9 Å². The smallest absolute Gasteiger partial charge is 0.225 e. The summed E-state index contributed by atoms with van der Waals surface area (Å²) in [7, 11) is 1.74. The van der Waals surface area contributed by atoms with Crippen LogP contribution in [0.5, 0.6) is 0 Å². The molecule has 0 radical (unpaired) electrons. The highest BCUT2D eigenvalue weighted by Gasteiger charge is 2.39. The van der Waals surface area contributed by atoms with E-state index in [0.29, 0.717) is 36.3 Å². The third kappa shape index (κ3) is 2.20. The Morgan fingerprint density at radius 1 is 1.67 bits per heavy atom. The summed E-state index contributed by atoms with van der Waals surface area (Å²) in [5.41, 5.74) is 4.90. The summed E-state index contributed by atoms with van der Waals surface area (Å²) >= 11 is 6.10. The van der Waals surface area contributed by atoms with Crippen LogP contribution in [0.3, 0.4) is 0 Å². The zero-order chi connectivity index (χ0) is 13.3. The Hall–Kier alpha value is -1.56. The molecular formula is C11H16ClN5O. The standard InChI is InChI=1S/C11H16ClN5O/c1-11(9(13)18)3-4-17(6-11)8-7(12)5-15-10(14-2)16-8/h5H,3-4,6H2,1-2H3,(H2,13,18)(H,14,15,16). The Morgan fingerprint density at radius 3 is 2.94 bits per heavy atom. The van der Waals surface area contributed by atoms with Crippen molar-refractivity contribution in [2.24, 2.45) is 11.1 Å². The van der Waals surface area contributed by atoms with Crippen LogP contribution in [-0.2, 0) is 4.79 Å². The average Bonchev–Trinajstić information content (AvgIpc) is 2.74. The maximum Gasteiger partial charge on any atom is 0.225 e. The van der Waals surface area contributed by atoms with Crippen LogP contribution in [0.15, 0.2) is 6.20 Å². The molecule has 0 aliphatic carbocycles. The molecule has 1 aromatic heterocycles. The van der Waals surface area contributed by atoms with Crippen LogP contribution in [0.4, 0.5) is 11.8 Å². The number of nitrogens with zero attached hydrogens (tertiary/aromatic N) is 3. The van der Waals surface area contributed by atoms with Gasteiger partial charge in [0.25, 0.3) is 0 Å². The molecule has 1 aliphatic rings. The van der Waals surface area contributed by atoms with Crippen LogP contribution in [0.2, 0.25) is 5.02 Å². The highest BCUT2D eigenvalue weighted by Crippen LogP contribution is 2.35. The van der Waals surface area contributed by atoms with Crippen molar-refractivity contribution in [1.82, 2.24) is 9.97 Å². The van der Waals surface area contributed by atoms with Crippen molar-refractivity contribution >= 4 is 29.3 Å². The lowest BCUT2D eigenvalue weighted by Crippen LogP contribution is -2.37. The number of anilines is 2. The fraction of sp³-hybridized carbons (Fsp3) is 0.545. The SMILES string of the molecule is CNc1ncc(Cl)c(N2CCC(C)(C(N)=O)C2)n1. The number of nitrogens with two attached hydrogens (primary N) is 1. The first kappa shape index (κ1) is 12.9. The van der Waals surface area contributed by atoms with Gasteiger partial charge in [-0.2, -0.15) is 4.98 Å². The molecule has 1 aromatic rings. The molecule has 98 valence electrons. The van der Waals surface area contributed by atoms with E-state index < -0.39 is 5.41 Å². The number of primary amides is 1. The van der Waals surface area contributed by atoms with Gasteiger partial charge in [0.15, 0.2) is 5.82 Å². The molecule has 1 amide bonds. The maximum absolute atomic E-state index is 11.4. The van der Waals surface area contributed by atoms with Crippen molar-refractivity contribution in [3.05, 3.63) is 11.2 Å². The summed E-state index contributed by atoms with van der Waals surface area (Å²) in [6.45, 7) is 3.10. The van der Waals surface area contributed by atoms with E-state index in [1.165, 1.54) is 0 Å². The molecule has 0 aromatic carbocycles. The monoisotopic (exact) mass is 269 g/mol. The predicted octanol–water partition coefficient (Wildman–Crippen LogP) is 0.873. The van der Waals surface area contributed by atoms with E-state index in [0.717, 1.165) is 0 Å². The van der Waals surface area contributed by atoms with Crippen molar-refractivity contribution in [2.45, 2.75) is 13.3 Å². The number of aromatic nitrogens is 2. The molecule has 0 saturated carbocycles. The third-order valence-corrected chi connectivity index (χ3v) is 3.58. The first-order valence-electron chi connectivity index (χ1n) is 5.71. The second-order valence-corrected chi connectivity index (χ2v) is 5.12. The van der Waals surface area contributed by atoms with Crippen LogP contribution >= 0.6 is 11.6 Å². The molecule has 7 heteroatoms. The normalized spacial score (nSPS) is 23.2. The van der Waals surface area contributed by atoms with E-state index in [1.807, 2.05) is 11.8 Å². The fourth-order valence-electron chi connectivity index (χ4n) is 2.04. The number of carbonyl (C=O) groups excluding carboxylic acids is 1. The van der Waals surface area contributed by atoms with Gasteiger partial charge in [-0.3, -0.25) is 4.79 Å². The van der Waals surface area contributed by atoms with E-state index >= 15 is 0 Å². The molecule has 2 rings (SSSR count). The lowest BCUT2D eigenvalue weighted by atomic mass is 9.89. The molecule has 1 saturated heterocycles. The number of rotatable bonds is 3. The van der Waals surface area contributed by atoms with Gasteiger partial charge in [-0.05, 0) is 13.3 Å². The highest BCUT2D eigenvalue weighted by molar-refractivity contribution is 6.32. The summed E-state index contributed by atoms with van der Waals surface area (Å²) in [6.07, 6.45) is 2.26. The Morgan fingerprint density at radius 2 is 2.39 bits per heavy atom. The van der Waals surface area contributed by atoms with Crippen LogP contribution in [0.25, 0.3) is 0 Å². The molecular weight excluding hydrogens is 254 g/mol. The molecule has 2 heterocycles. The van der Waals surface area contributed by atoms with Crippen molar-refractivity contribution < 1.29 is 4.79 Å². The van der Waals surface area contributed by atoms with E-state index in [2.05, 4.69) is 15.3 Å². The van der Waals surface area contributed by atoms with Gasteiger partial charge < -0.3 is 16.0 Å². The minimum absolute atomic E-state index is 0.288. The molecule has 1 atom stereocenters. The number of hydrogen-bond donors (Lipinski definition) is 2. The minimum Gasteiger partial charge on any atom is -0.369 e. The molecule has 0 spiro atoms. The summed E-state index contributed by atoms with van der Waals surface area (Å²) in [6, 6.07) is 0. The van der Waals surface area contributed by atoms with E-state index in [4.69, 9.17) is 17.3 Å². The summed E-state index contributed by atoms with van der Waals surface area (Å²) in [4.78, 5) is 21.7. The number of carbonyl (C=O) groups is 1. The Labute approximate surface area is 111 Å². The van der Waals surface area contributed by atoms with Crippen LogP contribution in [0.1, 0.15) is 13.3 Å². The van der Waals surface area contributed by atoms with Gasteiger partial charge >= 0.3 is 0 Å².